The summed E-state index contributed by atoms with van der Waals surface area (Å²) >= 11 is 1.62. The Kier molecular flexibility index (Phi) is 5.40. The number of nitrogens with two attached hydrogens (primary N) is 1. The maximum absolute atomic E-state index is 5.38. The minimum atomic E-state index is 0.526. The highest BCUT2D eigenvalue weighted by atomic mass is 32.2. The van der Waals surface area contributed by atoms with Gasteiger partial charge < -0.3 is 14.4 Å². The molecule has 3 N–H and O–H groups in total. The van der Waals surface area contributed by atoms with E-state index in [-0.39, 0.29) is 0 Å². The maximum atomic E-state index is 5.38. The number of hydrogen-bond donors (Lipinski definition) is 2. The topological polar surface area (TPSA) is 59.8 Å². The van der Waals surface area contributed by atoms with E-state index in [9.17, 15) is 0 Å². The summed E-state index contributed by atoms with van der Waals surface area (Å²) in [5, 5.41) is 0. The third-order valence-corrected chi connectivity index (χ3v) is 3.18. The first kappa shape index (κ1) is 14.0. The van der Waals surface area contributed by atoms with Crippen molar-refractivity contribution in [3.63, 3.8) is 0 Å². The van der Waals surface area contributed by atoms with Crippen molar-refractivity contribution < 1.29 is 9.47 Å². The van der Waals surface area contributed by atoms with Gasteiger partial charge in [-0.3, -0.25) is 5.84 Å². The van der Waals surface area contributed by atoms with E-state index >= 15 is 0 Å². The van der Waals surface area contributed by atoms with Gasteiger partial charge in [0.05, 0.1) is 31.5 Å². The molecule has 0 radical (unpaired) electrons. The van der Waals surface area contributed by atoms with Gasteiger partial charge >= 0.3 is 0 Å². The molecule has 0 saturated heterocycles. The highest BCUT2D eigenvalue weighted by Gasteiger charge is 2.13. The zero-order valence-electron chi connectivity index (χ0n) is 10.6. The molecule has 0 amide bonds. The first-order valence-electron chi connectivity index (χ1n) is 5.12. The van der Waals surface area contributed by atoms with Gasteiger partial charge in [0, 0.05) is 13.1 Å². The zero-order chi connectivity index (χ0) is 12.8. The first-order valence-corrected chi connectivity index (χ1v) is 6.35. The average Bonchev–Trinajstić information content (AvgIpc) is 2.37. The van der Waals surface area contributed by atoms with E-state index in [2.05, 4.69) is 5.43 Å². The number of thioether (sulfide) groups is 1. The average molecular weight is 257 g/mol. The summed E-state index contributed by atoms with van der Waals surface area (Å²) in [5.74, 6) is 6.95. The number of methoxy groups -OCH3 is 2. The Morgan fingerprint density at radius 1 is 1.29 bits per heavy atom. The van der Waals surface area contributed by atoms with Crippen LogP contribution in [0, 0.1) is 0 Å². The molecule has 17 heavy (non-hydrogen) atoms. The van der Waals surface area contributed by atoms with Crippen molar-refractivity contribution in [2.45, 2.75) is 4.90 Å². The zero-order valence-corrected chi connectivity index (χ0v) is 11.4. The van der Waals surface area contributed by atoms with Crippen LogP contribution in [0.15, 0.2) is 17.0 Å². The molecule has 0 saturated carbocycles. The second-order valence-corrected chi connectivity index (χ2v) is 4.29. The number of hydrazine groups is 1. The molecule has 0 fully saturated rings. The normalized spacial score (nSPS) is 10.2. The molecule has 1 aromatic rings. The molecule has 0 aliphatic carbocycles. The molecule has 5 nitrogen and oxygen atoms in total. The lowest BCUT2D eigenvalue weighted by Gasteiger charge is -2.22. The van der Waals surface area contributed by atoms with Gasteiger partial charge in [0.15, 0.2) is 0 Å². The van der Waals surface area contributed by atoms with Gasteiger partial charge in [-0.15, -0.1) is 11.8 Å². The number of nitrogens with one attached hydrogen (secondary N) is 1. The molecule has 6 heteroatoms. The molecule has 0 atom stereocenters. The number of hydrogen-bond acceptors (Lipinski definition) is 6. The van der Waals surface area contributed by atoms with Crippen molar-refractivity contribution in [3.8, 4) is 11.5 Å². The van der Waals surface area contributed by atoms with Gasteiger partial charge in [-0.05, 0) is 12.3 Å². The summed E-state index contributed by atoms with van der Waals surface area (Å²) in [6.45, 7) is 0.526. The van der Waals surface area contributed by atoms with Crippen molar-refractivity contribution in [3.05, 3.63) is 12.1 Å². The highest BCUT2D eigenvalue weighted by molar-refractivity contribution is 7.98. The van der Waals surface area contributed by atoms with Crippen molar-refractivity contribution in [2.75, 3.05) is 39.1 Å². The fourth-order valence-electron chi connectivity index (χ4n) is 1.53. The van der Waals surface area contributed by atoms with Crippen LogP contribution in [0.1, 0.15) is 0 Å². The fourth-order valence-corrected chi connectivity index (χ4v) is 2.10. The first-order chi connectivity index (χ1) is 8.17. The van der Waals surface area contributed by atoms with Crippen LogP contribution in [0.3, 0.4) is 0 Å². The number of anilines is 1. The van der Waals surface area contributed by atoms with E-state index in [1.165, 1.54) is 0 Å². The van der Waals surface area contributed by atoms with Gasteiger partial charge in [0.25, 0.3) is 0 Å². The molecule has 0 heterocycles. The van der Waals surface area contributed by atoms with Crippen LogP contribution in [0.2, 0.25) is 0 Å². The van der Waals surface area contributed by atoms with E-state index in [0.29, 0.717) is 6.67 Å². The Morgan fingerprint density at radius 3 is 2.41 bits per heavy atom. The summed E-state index contributed by atoms with van der Waals surface area (Å²) in [7, 11) is 5.24. The monoisotopic (exact) mass is 257 g/mol. The van der Waals surface area contributed by atoms with Crippen LogP contribution >= 0.6 is 11.8 Å². The molecular formula is C11H19N3O2S. The maximum Gasteiger partial charge on any atom is 0.143 e. The van der Waals surface area contributed by atoms with Crippen molar-refractivity contribution in [1.82, 2.24) is 5.43 Å². The Morgan fingerprint density at radius 2 is 1.94 bits per heavy atom. The number of rotatable bonds is 6. The number of benzene rings is 1. The Bertz CT molecular complexity index is 374. The number of nitrogens with zero attached hydrogens (tertiary/aromatic N) is 1. The van der Waals surface area contributed by atoms with E-state index in [4.69, 9.17) is 15.3 Å². The van der Waals surface area contributed by atoms with Crippen molar-refractivity contribution >= 4 is 17.4 Å². The minimum absolute atomic E-state index is 0.526. The second kappa shape index (κ2) is 6.58. The summed E-state index contributed by atoms with van der Waals surface area (Å²) in [4.78, 5) is 2.99. The molecule has 0 spiro atoms. The SMILES string of the molecule is COc1cc(N(C)CNN)c(OC)cc1SC. The summed E-state index contributed by atoms with van der Waals surface area (Å²) in [5.41, 5.74) is 3.54. The lowest BCUT2D eigenvalue weighted by Crippen LogP contribution is -2.35. The van der Waals surface area contributed by atoms with Crippen LogP contribution in [0.4, 0.5) is 5.69 Å². The largest absolute Gasteiger partial charge is 0.496 e. The van der Waals surface area contributed by atoms with E-state index < -0.39 is 0 Å². The molecule has 0 aliphatic rings. The Labute approximate surface area is 106 Å². The molecule has 0 aliphatic heterocycles. The van der Waals surface area contributed by atoms with E-state index in [0.717, 1.165) is 22.1 Å². The third kappa shape index (κ3) is 3.18. The summed E-state index contributed by atoms with van der Waals surface area (Å²) in [6.07, 6.45) is 2.00. The molecule has 1 rings (SSSR count). The van der Waals surface area contributed by atoms with Crippen LogP contribution in [0.25, 0.3) is 0 Å². The van der Waals surface area contributed by atoms with Crippen molar-refractivity contribution in [2.24, 2.45) is 5.84 Å². The quantitative estimate of drug-likeness (QED) is 0.346. The minimum Gasteiger partial charge on any atom is -0.496 e. The molecule has 0 unspecified atom stereocenters. The summed E-state index contributed by atoms with van der Waals surface area (Å²) in [6, 6.07) is 3.91. The lowest BCUT2D eigenvalue weighted by atomic mass is 10.2. The van der Waals surface area contributed by atoms with Gasteiger partial charge in [-0.25, -0.2) is 5.43 Å². The number of ether oxygens (including phenoxy) is 2. The molecular weight excluding hydrogens is 238 g/mol. The van der Waals surface area contributed by atoms with Gasteiger partial charge in [0.2, 0.25) is 0 Å². The Balaban J connectivity index is 3.18. The standard InChI is InChI=1S/C11H19N3O2S/c1-14(7-13-12)8-5-10(16-3)11(17-4)6-9(8)15-2/h5-6,13H,7,12H2,1-4H3. The van der Waals surface area contributed by atoms with Crippen LogP contribution in [-0.2, 0) is 0 Å². The highest BCUT2D eigenvalue weighted by Crippen LogP contribution is 2.38. The third-order valence-electron chi connectivity index (χ3n) is 2.42. The van der Waals surface area contributed by atoms with Crippen LogP contribution in [-0.4, -0.2) is 34.2 Å². The van der Waals surface area contributed by atoms with E-state index in [1.807, 2.05) is 30.3 Å². The molecule has 0 aromatic heterocycles. The van der Waals surface area contributed by atoms with Gasteiger partial charge in [0.1, 0.15) is 11.5 Å². The van der Waals surface area contributed by atoms with Gasteiger partial charge in [-0.1, -0.05) is 0 Å². The Hall–Kier alpha value is -1.11. The smallest absolute Gasteiger partial charge is 0.143 e. The lowest BCUT2D eigenvalue weighted by molar-refractivity contribution is 0.394. The predicted octanol–water partition coefficient (Wildman–Crippen LogP) is 1.28. The predicted molar refractivity (Wildman–Crippen MR) is 71.9 cm³/mol. The van der Waals surface area contributed by atoms with Crippen molar-refractivity contribution in [1.29, 1.82) is 0 Å². The molecule has 96 valence electrons. The summed E-state index contributed by atoms with van der Waals surface area (Å²) < 4.78 is 10.7. The van der Waals surface area contributed by atoms with Crippen LogP contribution in [0.5, 0.6) is 11.5 Å². The molecule has 1 aromatic carbocycles. The van der Waals surface area contributed by atoms with E-state index in [1.54, 1.807) is 26.0 Å². The van der Waals surface area contributed by atoms with Crippen LogP contribution < -0.4 is 25.6 Å². The van der Waals surface area contributed by atoms with Gasteiger partial charge in [-0.2, -0.15) is 0 Å². The fraction of sp³-hybridized carbons (Fsp3) is 0.455. The molecule has 0 bridgehead atoms. The second-order valence-electron chi connectivity index (χ2n) is 3.44.